The third-order valence-corrected chi connectivity index (χ3v) is 9.41. The molecule has 2 aromatic rings. The quantitative estimate of drug-likeness (QED) is 0.550. The van der Waals surface area contributed by atoms with Crippen molar-refractivity contribution in [1.29, 1.82) is 0 Å². The number of esters is 1. The van der Waals surface area contributed by atoms with Crippen molar-refractivity contribution in [3.8, 4) is 0 Å². The summed E-state index contributed by atoms with van der Waals surface area (Å²) >= 11 is 0. The Morgan fingerprint density at radius 2 is 1.46 bits per heavy atom. The summed E-state index contributed by atoms with van der Waals surface area (Å²) in [5.74, 6) is -0.870. The molecule has 0 aliphatic carbocycles. The Labute approximate surface area is 156 Å². The molecular formula is C21H27FO3Si. The lowest BCUT2D eigenvalue weighted by atomic mass is 10.2. The van der Waals surface area contributed by atoms with E-state index >= 15 is 0 Å². The number of carbonyl (C=O) groups excluding carboxylic acids is 1. The van der Waals surface area contributed by atoms with Crippen molar-refractivity contribution >= 4 is 24.7 Å². The van der Waals surface area contributed by atoms with E-state index in [1.165, 1.54) is 0 Å². The van der Waals surface area contributed by atoms with Crippen LogP contribution in [0.4, 0.5) is 4.39 Å². The number of alkyl halides is 1. The van der Waals surface area contributed by atoms with Crippen LogP contribution in [-0.2, 0) is 14.0 Å². The van der Waals surface area contributed by atoms with E-state index in [1.807, 2.05) is 60.7 Å². The normalized spacial score (nSPS) is 13.3. The SMILES string of the molecule is CCOC(=O)C(F)CO[Si](c1ccccc1)(c1ccccc1)C(C)(C)C. The molecule has 0 aliphatic rings. The fourth-order valence-electron chi connectivity index (χ4n) is 3.26. The summed E-state index contributed by atoms with van der Waals surface area (Å²) < 4.78 is 25.5. The molecule has 1 atom stereocenters. The number of halogens is 1. The molecule has 0 N–H and O–H groups in total. The minimum absolute atomic E-state index is 0.151. The lowest BCUT2D eigenvalue weighted by molar-refractivity contribution is -0.150. The van der Waals surface area contributed by atoms with Crippen LogP contribution >= 0.6 is 0 Å². The van der Waals surface area contributed by atoms with Gasteiger partial charge in [-0.15, -0.1) is 0 Å². The summed E-state index contributed by atoms with van der Waals surface area (Å²) in [5, 5.41) is 1.84. The minimum Gasteiger partial charge on any atom is -0.464 e. The van der Waals surface area contributed by atoms with Crippen LogP contribution in [0.25, 0.3) is 0 Å². The summed E-state index contributed by atoms with van der Waals surface area (Å²) in [6.07, 6.45) is -1.79. The van der Waals surface area contributed by atoms with Gasteiger partial charge in [0.25, 0.3) is 8.32 Å². The molecule has 0 bridgehead atoms. The highest BCUT2D eigenvalue weighted by molar-refractivity contribution is 6.99. The van der Waals surface area contributed by atoms with Crippen LogP contribution in [0, 0.1) is 0 Å². The molecule has 2 aromatic carbocycles. The first-order chi connectivity index (χ1) is 12.3. The maximum atomic E-state index is 14.4. The maximum Gasteiger partial charge on any atom is 0.343 e. The van der Waals surface area contributed by atoms with Gasteiger partial charge in [-0.25, -0.2) is 9.18 Å². The molecule has 0 spiro atoms. The Hall–Kier alpha value is -1.98. The van der Waals surface area contributed by atoms with Crippen molar-refractivity contribution in [2.24, 2.45) is 0 Å². The average Bonchev–Trinajstić information content (AvgIpc) is 2.63. The van der Waals surface area contributed by atoms with E-state index in [9.17, 15) is 9.18 Å². The largest absolute Gasteiger partial charge is 0.464 e. The smallest absolute Gasteiger partial charge is 0.343 e. The van der Waals surface area contributed by atoms with Crippen LogP contribution in [-0.4, -0.2) is 33.7 Å². The van der Waals surface area contributed by atoms with Gasteiger partial charge in [0.2, 0.25) is 6.17 Å². The van der Waals surface area contributed by atoms with Crippen molar-refractivity contribution in [3.63, 3.8) is 0 Å². The monoisotopic (exact) mass is 374 g/mol. The molecule has 0 saturated heterocycles. The van der Waals surface area contributed by atoms with Crippen molar-refractivity contribution < 1.29 is 18.3 Å². The minimum atomic E-state index is -2.83. The van der Waals surface area contributed by atoms with Gasteiger partial charge in [-0.2, -0.15) is 0 Å². The van der Waals surface area contributed by atoms with Crippen LogP contribution in [0.15, 0.2) is 60.7 Å². The van der Waals surface area contributed by atoms with Gasteiger partial charge in [-0.3, -0.25) is 0 Å². The van der Waals surface area contributed by atoms with Gasteiger partial charge in [0.1, 0.15) is 0 Å². The zero-order valence-electron chi connectivity index (χ0n) is 15.9. The van der Waals surface area contributed by atoms with E-state index in [-0.39, 0.29) is 18.3 Å². The summed E-state index contributed by atoms with van der Waals surface area (Å²) in [5.41, 5.74) is 0. The maximum absolute atomic E-state index is 14.4. The molecule has 1 unspecified atom stereocenters. The lowest BCUT2D eigenvalue weighted by Gasteiger charge is -2.43. The molecule has 26 heavy (non-hydrogen) atoms. The Morgan fingerprint density at radius 1 is 1.00 bits per heavy atom. The average molecular weight is 375 g/mol. The van der Waals surface area contributed by atoms with Crippen molar-refractivity contribution in [2.45, 2.75) is 38.9 Å². The second-order valence-electron chi connectivity index (χ2n) is 7.19. The summed E-state index contributed by atoms with van der Waals surface area (Å²) in [4.78, 5) is 11.7. The molecule has 2 rings (SSSR count). The lowest BCUT2D eigenvalue weighted by Crippen LogP contribution is -2.67. The first-order valence-electron chi connectivity index (χ1n) is 8.88. The molecule has 0 aromatic heterocycles. The number of rotatable bonds is 7. The van der Waals surface area contributed by atoms with Gasteiger partial charge in [0, 0.05) is 0 Å². The van der Waals surface area contributed by atoms with Gasteiger partial charge < -0.3 is 9.16 Å². The fourth-order valence-corrected chi connectivity index (χ4v) is 7.81. The molecule has 140 valence electrons. The highest BCUT2D eigenvalue weighted by atomic mass is 28.4. The molecule has 0 amide bonds. The topological polar surface area (TPSA) is 35.5 Å². The molecule has 0 radical (unpaired) electrons. The predicted octanol–water partition coefficient (Wildman–Crippen LogP) is 3.46. The molecule has 0 saturated carbocycles. The van der Waals surface area contributed by atoms with Crippen LogP contribution in [0.5, 0.6) is 0 Å². The highest BCUT2D eigenvalue weighted by Crippen LogP contribution is 2.36. The third kappa shape index (κ3) is 4.22. The van der Waals surface area contributed by atoms with E-state index < -0.39 is 20.5 Å². The number of hydrogen-bond donors (Lipinski definition) is 0. The van der Waals surface area contributed by atoms with Crippen LogP contribution in [0.1, 0.15) is 27.7 Å². The van der Waals surface area contributed by atoms with Gasteiger partial charge in [0.15, 0.2) is 0 Å². The number of ether oxygens (including phenoxy) is 1. The molecule has 3 nitrogen and oxygen atoms in total. The van der Waals surface area contributed by atoms with Gasteiger partial charge in [0.05, 0.1) is 13.2 Å². The predicted molar refractivity (Wildman–Crippen MR) is 105 cm³/mol. The van der Waals surface area contributed by atoms with E-state index in [4.69, 9.17) is 9.16 Å². The molecule has 0 fully saturated rings. The Morgan fingerprint density at radius 3 is 1.85 bits per heavy atom. The summed E-state index contributed by atoms with van der Waals surface area (Å²) in [6, 6.07) is 19.9. The standard InChI is InChI=1S/C21H27FO3Si/c1-5-24-20(23)19(22)16-25-26(21(2,3)4,17-12-8-6-9-13-17)18-14-10-7-11-15-18/h6-15,19H,5,16H2,1-4H3. The van der Waals surface area contributed by atoms with E-state index in [0.717, 1.165) is 10.4 Å². The Bertz CT molecular complexity index is 659. The van der Waals surface area contributed by atoms with Crippen LogP contribution in [0.3, 0.4) is 0 Å². The van der Waals surface area contributed by atoms with Gasteiger partial charge >= 0.3 is 5.97 Å². The number of carbonyl (C=O) groups is 1. The van der Waals surface area contributed by atoms with Crippen molar-refractivity contribution in [2.75, 3.05) is 13.2 Å². The second-order valence-corrected chi connectivity index (χ2v) is 11.5. The molecule has 0 heterocycles. The first kappa shape index (κ1) is 20.3. The molecule has 5 heteroatoms. The fraction of sp³-hybridized carbons (Fsp3) is 0.381. The second kappa shape index (κ2) is 8.60. The summed E-state index contributed by atoms with van der Waals surface area (Å²) in [7, 11) is -2.83. The number of benzene rings is 2. The Balaban J connectivity index is 2.49. The van der Waals surface area contributed by atoms with E-state index in [2.05, 4.69) is 20.8 Å². The van der Waals surface area contributed by atoms with Crippen LogP contribution in [0.2, 0.25) is 5.04 Å². The first-order valence-corrected chi connectivity index (χ1v) is 10.8. The van der Waals surface area contributed by atoms with Crippen molar-refractivity contribution in [1.82, 2.24) is 0 Å². The third-order valence-electron chi connectivity index (χ3n) is 4.41. The zero-order valence-corrected chi connectivity index (χ0v) is 16.9. The van der Waals surface area contributed by atoms with Gasteiger partial charge in [-0.1, -0.05) is 81.4 Å². The van der Waals surface area contributed by atoms with Crippen LogP contribution < -0.4 is 10.4 Å². The van der Waals surface area contributed by atoms with Crippen molar-refractivity contribution in [3.05, 3.63) is 60.7 Å². The molecular weight excluding hydrogens is 347 g/mol. The Kier molecular flexibility index (Phi) is 6.73. The summed E-state index contributed by atoms with van der Waals surface area (Å²) in [6.45, 7) is 7.82. The van der Waals surface area contributed by atoms with E-state index in [0.29, 0.717) is 0 Å². The zero-order chi connectivity index (χ0) is 19.2. The highest BCUT2D eigenvalue weighted by Gasteiger charge is 2.50. The molecule has 0 aliphatic heterocycles. The van der Waals surface area contributed by atoms with Gasteiger partial charge in [-0.05, 0) is 22.3 Å². The van der Waals surface area contributed by atoms with E-state index in [1.54, 1.807) is 6.92 Å². The number of hydrogen-bond acceptors (Lipinski definition) is 3.